The molecule has 0 aliphatic carbocycles. The number of amides is 1. The summed E-state index contributed by atoms with van der Waals surface area (Å²) in [6.07, 6.45) is 0. The van der Waals surface area contributed by atoms with Crippen molar-refractivity contribution in [1.82, 2.24) is 5.32 Å². The van der Waals surface area contributed by atoms with Crippen LogP contribution in [0.4, 0.5) is 0 Å². The van der Waals surface area contributed by atoms with Gasteiger partial charge in [-0.2, -0.15) is 0 Å². The molecule has 0 heterocycles. The Kier molecular flexibility index (Phi) is 7.15. The summed E-state index contributed by atoms with van der Waals surface area (Å²) in [5.41, 5.74) is 1.00. The summed E-state index contributed by atoms with van der Waals surface area (Å²) in [6, 6.07) is 14.8. The van der Waals surface area contributed by atoms with Gasteiger partial charge in [0.25, 0.3) is 5.91 Å². The maximum absolute atomic E-state index is 12.4. The molecule has 0 spiro atoms. The minimum Gasteiger partial charge on any atom is -0.483 e. The fraction of sp³-hybridized carbons (Fsp3) is 0.182. The van der Waals surface area contributed by atoms with Crippen molar-refractivity contribution in [2.75, 3.05) is 20.3 Å². The van der Waals surface area contributed by atoms with Crippen molar-refractivity contribution in [2.24, 2.45) is 0 Å². The van der Waals surface area contributed by atoms with Gasteiger partial charge in [0.05, 0.1) is 30.3 Å². The zero-order valence-corrected chi connectivity index (χ0v) is 17.5. The van der Waals surface area contributed by atoms with Crippen LogP contribution in [-0.2, 0) is 9.53 Å². The maximum atomic E-state index is 12.4. The van der Waals surface area contributed by atoms with E-state index in [4.69, 9.17) is 32.7 Å². The molecule has 3 rings (SSSR count). The fourth-order valence-electron chi connectivity index (χ4n) is 3.04. The van der Waals surface area contributed by atoms with E-state index in [9.17, 15) is 14.7 Å². The molecule has 2 N–H and O–H groups in total. The Bertz CT molecular complexity index is 1070. The lowest BCUT2D eigenvalue weighted by atomic mass is 10.1. The molecular weight excluding hydrogens is 429 g/mol. The highest BCUT2D eigenvalue weighted by atomic mass is 35.5. The molecule has 0 saturated carbocycles. The molecule has 156 valence electrons. The van der Waals surface area contributed by atoms with Crippen LogP contribution in [0.5, 0.6) is 5.75 Å². The number of esters is 1. The average molecular weight is 448 g/mol. The summed E-state index contributed by atoms with van der Waals surface area (Å²) in [4.78, 5) is 24.4. The number of rotatable bonds is 7. The number of nitrogens with one attached hydrogen (secondary N) is 1. The second kappa shape index (κ2) is 9.80. The topological polar surface area (TPSA) is 84.9 Å². The van der Waals surface area contributed by atoms with Crippen molar-refractivity contribution in [3.05, 3.63) is 75.8 Å². The van der Waals surface area contributed by atoms with E-state index < -0.39 is 17.9 Å². The number of ether oxygens (including phenoxy) is 2. The first-order chi connectivity index (χ1) is 14.4. The first-order valence-corrected chi connectivity index (χ1v) is 9.77. The third-order valence-electron chi connectivity index (χ3n) is 4.43. The minimum atomic E-state index is -0.567. The molecule has 3 aromatic rings. The first-order valence-electron chi connectivity index (χ1n) is 9.02. The Morgan fingerprint density at radius 2 is 1.83 bits per heavy atom. The summed E-state index contributed by atoms with van der Waals surface area (Å²) in [7, 11) is 1.27. The Morgan fingerprint density at radius 1 is 1.10 bits per heavy atom. The lowest BCUT2D eigenvalue weighted by molar-refractivity contribution is -0.124. The van der Waals surface area contributed by atoms with E-state index in [2.05, 4.69) is 5.32 Å². The molecule has 0 saturated heterocycles. The van der Waals surface area contributed by atoms with Gasteiger partial charge in [-0.25, -0.2) is 4.79 Å². The van der Waals surface area contributed by atoms with E-state index in [1.807, 2.05) is 18.2 Å². The number of hydrogen-bond donors (Lipinski definition) is 2. The van der Waals surface area contributed by atoms with E-state index in [1.54, 1.807) is 30.3 Å². The molecule has 0 radical (unpaired) electrons. The summed E-state index contributed by atoms with van der Waals surface area (Å²) in [5, 5.41) is 14.1. The third-order valence-corrected chi connectivity index (χ3v) is 4.95. The van der Waals surface area contributed by atoms with E-state index >= 15 is 0 Å². The zero-order valence-electron chi connectivity index (χ0n) is 16.0. The van der Waals surface area contributed by atoms with Crippen molar-refractivity contribution in [1.29, 1.82) is 0 Å². The number of carbonyl (C=O) groups is 2. The molecule has 0 bridgehead atoms. The van der Waals surface area contributed by atoms with Crippen LogP contribution in [0.2, 0.25) is 10.0 Å². The molecule has 0 aromatic heterocycles. The third kappa shape index (κ3) is 5.02. The second-order valence-electron chi connectivity index (χ2n) is 6.45. The SMILES string of the molecule is COC(=O)c1cc(OCC(=O)N[C@@H](CO)c2ccccc2)c2c(Cl)cc(Cl)cc2c1. The van der Waals surface area contributed by atoms with Gasteiger partial charge in [0, 0.05) is 10.4 Å². The molecule has 0 fully saturated rings. The van der Waals surface area contributed by atoms with Crippen LogP contribution in [-0.4, -0.2) is 37.3 Å². The molecular formula is C22H19Cl2NO5. The molecule has 1 atom stereocenters. The highest BCUT2D eigenvalue weighted by molar-refractivity contribution is 6.39. The molecule has 30 heavy (non-hydrogen) atoms. The smallest absolute Gasteiger partial charge is 0.338 e. The number of carbonyl (C=O) groups excluding carboxylic acids is 2. The highest BCUT2D eigenvalue weighted by Crippen LogP contribution is 2.36. The van der Waals surface area contributed by atoms with Crippen LogP contribution in [0.15, 0.2) is 54.6 Å². The average Bonchev–Trinajstić information content (AvgIpc) is 2.75. The molecule has 0 unspecified atom stereocenters. The summed E-state index contributed by atoms with van der Waals surface area (Å²) in [5.74, 6) is -0.767. The van der Waals surface area contributed by atoms with Gasteiger partial charge in [0.1, 0.15) is 5.75 Å². The zero-order chi connectivity index (χ0) is 21.7. The number of fused-ring (bicyclic) bond motifs is 1. The molecule has 0 aliphatic heterocycles. The van der Waals surface area contributed by atoms with Crippen molar-refractivity contribution < 1.29 is 24.2 Å². The van der Waals surface area contributed by atoms with Crippen LogP contribution in [0, 0.1) is 0 Å². The summed E-state index contributed by atoms with van der Waals surface area (Å²) >= 11 is 12.4. The lowest BCUT2D eigenvalue weighted by Gasteiger charge is -2.18. The van der Waals surface area contributed by atoms with Crippen molar-refractivity contribution in [3.63, 3.8) is 0 Å². The van der Waals surface area contributed by atoms with Crippen molar-refractivity contribution >= 4 is 45.9 Å². The molecule has 6 nitrogen and oxygen atoms in total. The molecule has 3 aromatic carbocycles. The maximum Gasteiger partial charge on any atom is 0.338 e. The van der Waals surface area contributed by atoms with Crippen LogP contribution < -0.4 is 10.1 Å². The molecule has 1 amide bonds. The first kappa shape index (κ1) is 21.9. The van der Waals surface area contributed by atoms with Gasteiger partial charge in [0.15, 0.2) is 6.61 Å². The normalized spacial score (nSPS) is 11.7. The number of methoxy groups -OCH3 is 1. The fourth-order valence-corrected chi connectivity index (χ4v) is 3.64. The number of hydrogen-bond acceptors (Lipinski definition) is 5. The van der Waals surface area contributed by atoms with Gasteiger partial charge < -0.3 is 19.9 Å². The van der Waals surface area contributed by atoms with Crippen molar-refractivity contribution in [3.8, 4) is 5.75 Å². The number of benzene rings is 3. The van der Waals surface area contributed by atoms with Gasteiger partial charge in [-0.15, -0.1) is 0 Å². The Balaban J connectivity index is 1.84. The number of aliphatic hydroxyl groups excluding tert-OH is 1. The summed E-state index contributed by atoms with van der Waals surface area (Å²) < 4.78 is 10.5. The van der Waals surface area contributed by atoms with Crippen LogP contribution >= 0.6 is 23.2 Å². The van der Waals surface area contributed by atoms with Crippen LogP contribution in [0.25, 0.3) is 10.8 Å². The van der Waals surface area contributed by atoms with Crippen LogP contribution in [0.3, 0.4) is 0 Å². The molecule has 0 aliphatic rings. The Morgan fingerprint density at radius 3 is 2.50 bits per heavy atom. The van der Waals surface area contributed by atoms with Gasteiger partial charge in [-0.05, 0) is 35.2 Å². The van der Waals surface area contributed by atoms with Gasteiger partial charge in [-0.3, -0.25) is 4.79 Å². The monoisotopic (exact) mass is 447 g/mol. The Labute approximate surface area is 183 Å². The second-order valence-corrected chi connectivity index (χ2v) is 7.30. The highest BCUT2D eigenvalue weighted by Gasteiger charge is 2.17. The largest absolute Gasteiger partial charge is 0.483 e. The van der Waals surface area contributed by atoms with Gasteiger partial charge in [-0.1, -0.05) is 53.5 Å². The van der Waals surface area contributed by atoms with Gasteiger partial charge in [0.2, 0.25) is 0 Å². The van der Waals surface area contributed by atoms with Gasteiger partial charge >= 0.3 is 5.97 Å². The predicted molar refractivity (Wildman–Crippen MR) is 115 cm³/mol. The predicted octanol–water partition coefficient (Wildman–Crippen LogP) is 4.16. The van der Waals surface area contributed by atoms with E-state index in [-0.39, 0.29) is 24.5 Å². The van der Waals surface area contributed by atoms with Crippen LogP contribution in [0.1, 0.15) is 22.0 Å². The quantitative estimate of drug-likeness (QED) is 0.531. The van der Waals surface area contributed by atoms with E-state index in [0.717, 1.165) is 5.56 Å². The van der Waals surface area contributed by atoms with E-state index in [0.29, 0.717) is 20.8 Å². The summed E-state index contributed by atoms with van der Waals surface area (Å²) in [6.45, 7) is -0.608. The minimum absolute atomic E-state index is 0.233. The standard InChI is InChI=1S/C22H19Cl2NO5/c1-29-22(28)15-7-14-8-16(23)10-17(24)21(14)19(9-15)30-12-20(27)25-18(11-26)13-5-3-2-4-6-13/h2-10,18,26H,11-12H2,1H3,(H,25,27)/t18-/m0/s1. The van der Waals surface area contributed by atoms with E-state index in [1.165, 1.54) is 13.2 Å². The number of aliphatic hydroxyl groups is 1. The molecule has 8 heteroatoms. The van der Waals surface area contributed by atoms with Crippen molar-refractivity contribution in [2.45, 2.75) is 6.04 Å². The lowest BCUT2D eigenvalue weighted by Crippen LogP contribution is -2.34. The Hall–Kier alpha value is -2.80. The number of halogens is 2.